The second-order valence-corrected chi connectivity index (χ2v) is 4.04. The minimum Gasteiger partial charge on any atom is -0.494 e. The van der Waals surface area contributed by atoms with Gasteiger partial charge < -0.3 is 4.74 Å². The molecule has 0 fully saturated rings. The van der Waals surface area contributed by atoms with Crippen LogP contribution in [0.3, 0.4) is 0 Å². The number of para-hydroxylation sites is 1. The number of hydrogen-bond donors (Lipinski definition) is 0. The third-order valence-corrected chi connectivity index (χ3v) is 2.78. The zero-order valence-corrected chi connectivity index (χ0v) is 10.1. The maximum Gasteiger partial charge on any atom is 0.119 e. The standard InChI is InChI=1S/C16H15NO/c17-13-15(14-7-3-1-4-8-14)11-12-18-16-9-5-2-6-10-16/h1-10,15H,11-12H2. The Kier molecular flexibility index (Phi) is 4.38. The molecule has 0 aliphatic carbocycles. The van der Waals surface area contributed by atoms with E-state index in [1.54, 1.807) is 0 Å². The zero-order valence-electron chi connectivity index (χ0n) is 10.1. The molecule has 0 bridgehead atoms. The Morgan fingerprint density at radius 3 is 2.17 bits per heavy atom. The fourth-order valence-electron chi connectivity index (χ4n) is 1.80. The van der Waals surface area contributed by atoms with Gasteiger partial charge >= 0.3 is 0 Å². The average molecular weight is 237 g/mol. The summed E-state index contributed by atoms with van der Waals surface area (Å²) in [5.41, 5.74) is 1.05. The number of rotatable bonds is 5. The first-order valence-corrected chi connectivity index (χ1v) is 6.02. The Morgan fingerprint density at radius 1 is 0.944 bits per heavy atom. The Balaban J connectivity index is 1.88. The lowest BCUT2D eigenvalue weighted by Crippen LogP contribution is -2.04. The highest BCUT2D eigenvalue weighted by Crippen LogP contribution is 2.19. The molecule has 0 spiro atoms. The van der Waals surface area contributed by atoms with Crippen molar-refractivity contribution in [3.8, 4) is 11.8 Å². The fraction of sp³-hybridized carbons (Fsp3) is 0.188. The van der Waals surface area contributed by atoms with Crippen LogP contribution in [0.2, 0.25) is 0 Å². The van der Waals surface area contributed by atoms with E-state index in [1.807, 2.05) is 60.7 Å². The third-order valence-electron chi connectivity index (χ3n) is 2.78. The molecule has 2 aromatic carbocycles. The molecule has 0 saturated carbocycles. The van der Waals surface area contributed by atoms with Crippen molar-refractivity contribution in [2.24, 2.45) is 0 Å². The quantitative estimate of drug-likeness (QED) is 0.793. The van der Waals surface area contributed by atoms with Gasteiger partial charge in [0.15, 0.2) is 0 Å². The molecule has 2 nitrogen and oxygen atoms in total. The molecule has 1 atom stereocenters. The van der Waals surface area contributed by atoms with E-state index in [9.17, 15) is 5.26 Å². The van der Waals surface area contributed by atoms with E-state index in [4.69, 9.17) is 4.74 Å². The number of hydrogen-bond acceptors (Lipinski definition) is 2. The molecule has 0 heterocycles. The van der Waals surface area contributed by atoms with Crippen LogP contribution in [0.15, 0.2) is 60.7 Å². The van der Waals surface area contributed by atoms with Gasteiger partial charge in [0.2, 0.25) is 0 Å². The van der Waals surface area contributed by atoms with Crippen LogP contribution in [0.1, 0.15) is 17.9 Å². The van der Waals surface area contributed by atoms with E-state index >= 15 is 0 Å². The van der Waals surface area contributed by atoms with E-state index in [2.05, 4.69) is 6.07 Å². The monoisotopic (exact) mass is 237 g/mol. The van der Waals surface area contributed by atoms with Crippen LogP contribution in [0.25, 0.3) is 0 Å². The van der Waals surface area contributed by atoms with Crippen LogP contribution in [0, 0.1) is 11.3 Å². The van der Waals surface area contributed by atoms with E-state index in [-0.39, 0.29) is 5.92 Å². The van der Waals surface area contributed by atoms with Crippen LogP contribution >= 0.6 is 0 Å². The highest BCUT2D eigenvalue weighted by molar-refractivity contribution is 5.25. The lowest BCUT2D eigenvalue weighted by molar-refractivity contribution is 0.306. The molecule has 0 aliphatic rings. The molecule has 0 amide bonds. The number of ether oxygens (including phenoxy) is 1. The Hall–Kier alpha value is -2.27. The lowest BCUT2D eigenvalue weighted by Gasteiger charge is -2.10. The van der Waals surface area contributed by atoms with Gasteiger partial charge in [0.25, 0.3) is 0 Å². The van der Waals surface area contributed by atoms with Crippen LogP contribution in [-0.4, -0.2) is 6.61 Å². The topological polar surface area (TPSA) is 33.0 Å². The van der Waals surface area contributed by atoms with E-state index in [1.165, 1.54) is 0 Å². The summed E-state index contributed by atoms with van der Waals surface area (Å²) in [7, 11) is 0. The van der Waals surface area contributed by atoms with Gasteiger partial charge in [-0.3, -0.25) is 0 Å². The summed E-state index contributed by atoms with van der Waals surface area (Å²) in [6.45, 7) is 0.553. The van der Waals surface area contributed by atoms with Crippen LogP contribution < -0.4 is 4.74 Å². The Labute approximate surface area is 107 Å². The van der Waals surface area contributed by atoms with Gasteiger partial charge in [0, 0.05) is 6.42 Å². The SMILES string of the molecule is N#CC(CCOc1ccccc1)c1ccccc1. The summed E-state index contributed by atoms with van der Waals surface area (Å²) in [5.74, 6) is 0.747. The summed E-state index contributed by atoms with van der Waals surface area (Å²) in [6, 6.07) is 21.8. The largest absolute Gasteiger partial charge is 0.494 e. The van der Waals surface area contributed by atoms with Crippen molar-refractivity contribution in [1.82, 2.24) is 0 Å². The first-order chi connectivity index (χ1) is 8.90. The summed E-state index contributed by atoms with van der Waals surface area (Å²) < 4.78 is 5.61. The molecule has 90 valence electrons. The molecule has 2 heteroatoms. The molecular formula is C16H15NO. The minimum absolute atomic E-state index is 0.102. The highest BCUT2D eigenvalue weighted by atomic mass is 16.5. The van der Waals surface area contributed by atoms with E-state index in [0.29, 0.717) is 13.0 Å². The van der Waals surface area contributed by atoms with Crippen molar-refractivity contribution in [3.05, 3.63) is 66.2 Å². The van der Waals surface area contributed by atoms with Crippen LogP contribution in [-0.2, 0) is 0 Å². The highest BCUT2D eigenvalue weighted by Gasteiger charge is 2.09. The van der Waals surface area contributed by atoms with Crippen LogP contribution in [0.5, 0.6) is 5.75 Å². The summed E-state index contributed by atoms with van der Waals surface area (Å²) >= 11 is 0. The van der Waals surface area contributed by atoms with Crippen molar-refractivity contribution in [1.29, 1.82) is 5.26 Å². The molecular weight excluding hydrogens is 222 g/mol. The Morgan fingerprint density at radius 2 is 1.56 bits per heavy atom. The first-order valence-electron chi connectivity index (χ1n) is 6.02. The number of nitrogens with zero attached hydrogens (tertiary/aromatic N) is 1. The molecule has 2 rings (SSSR count). The number of nitriles is 1. The maximum atomic E-state index is 9.17. The predicted molar refractivity (Wildman–Crippen MR) is 71.4 cm³/mol. The molecule has 2 aromatic rings. The van der Waals surface area contributed by atoms with Gasteiger partial charge in [0.05, 0.1) is 18.6 Å². The molecule has 0 aromatic heterocycles. The molecule has 1 unspecified atom stereocenters. The maximum absolute atomic E-state index is 9.17. The zero-order chi connectivity index (χ0) is 12.6. The van der Waals surface area contributed by atoms with Crippen LogP contribution in [0.4, 0.5) is 0 Å². The van der Waals surface area contributed by atoms with Crippen molar-refractivity contribution in [2.75, 3.05) is 6.61 Å². The van der Waals surface area contributed by atoms with Crippen molar-refractivity contribution in [2.45, 2.75) is 12.3 Å². The summed E-state index contributed by atoms with van der Waals surface area (Å²) in [4.78, 5) is 0. The summed E-state index contributed by atoms with van der Waals surface area (Å²) in [6.07, 6.45) is 0.704. The van der Waals surface area contributed by atoms with Gasteiger partial charge in [0.1, 0.15) is 5.75 Å². The molecule has 0 N–H and O–H groups in total. The average Bonchev–Trinajstić information content (AvgIpc) is 2.46. The van der Waals surface area contributed by atoms with E-state index < -0.39 is 0 Å². The van der Waals surface area contributed by atoms with Crippen molar-refractivity contribution in [3.63, 3.8) is 0 Å². The van der Waals surface area contributed by atoms with Crippen molar-refractivity contribution >= 4 is 0 Å². The van der Waals surface area contributed by atoms with Gasteiger partial charge in [-0.15, -0.1) is 0 Å². The van der Waals surface area contributed by atoms with Crippen molar-refractivity contribution < 1.29 is 4.74 Å². The Bertz CT molecular complexity index is 502. The molecule has 18 heavy (non-hydrogen) atoms. The normalized spacial score (nSPS) is 11.5. The van der Waals surface area contributed by atoms with Gasteiger partial charge in [-0.2, -0.15) is 5.26 Å². The molecule has 0 aliphatic heterocycles. The van der Waals surface area contributed by atoms with Gasteiger partial charge in [-0.05, 0) is 17.7 Å². The smallest absolute Gasteiger partial charge is 0.119 e. The number of benzene rings is 2. The van der Waals surface area contributed by atoms with Gasteiger partial charge in [-0.25, -0.2) is 0 Å². The van der Waals surface area contributed by atoms with Gasteiger partial charge in [-0.1, -0.05) is 48.5 Å². The predicted octanol–water partition coefficient (Wildman–Crippen LogP) is 3.76. The second-order valence-electron chi connectivity index (χ2n) is 4.04. The molecule has 0 radical (unpaired) electrons. The van der Waals surface area contributed by atoms with E-state index in [0.717, 1.165) is 11.3 Å². The second kappa shape index (κ2) is 6.46. The lowest BCUT2D eigenvalue weighted by atomic mass is 9.98. The fourth-order valence-corrected chi connectivity index (χ4v) is 1.80. The minimum atomic E-state index is -0.102. The first kappa shape index (κ1) is 12.2. The summed E-state index contributed by atoms with van der Waals surface area (Å²) in [5, 5.41) is 9.17. The third kappa shape index (κ3) is 3.36. The molecule has 0 saturated heterocycles.